The average molecular weight is 277 g/mol. The summed E-state index contributed by atoms with van der Waals surface area (Å²) in [6.07, 6.45) is 0. The first-order chi connectivity index (χ1) is 9.17. The zero-order valence-corrected chi connectivity index (χ0v) is 10.4. The standard InChI is InChI=1S/C12H9ClN4O2/c13-5-6-1-3-7(4-2-6)9-14-8-10(15-9)16-12(19)17-11(8)18/h1-4H,5H2,(H3,14,15,16,17,18,19). The van der Waals surface area contributed by atoms with Crippen LogP contribution in [-0.4, -0.2) is 19.9 Å². The molecule has 3 rings (SSSR count). The van der Waals surface area contributed by atoms with Crippen molar-refractivity contribution in [1.82, 2.24) is 19.9 Å². The summed E-state index contributed by atoms with van der Waals surface area (Å²) in [5, 5.41) is 0. The van der Waals surface area contributed by atoms with Gasteiger partial charge in [0, 0.05) is 11.4 Å². The van der Waals surface area contributed by atoms with Crippen molar-refractivity contribution in [3.8, 4) is 11.4 Å². The molecule has 0 spiro atoms. The van der Waals surface area contributed by atoms with E-state index in [1.54, 1.807) is 0 Å². The number of nitrogens with one attached hydrogen (secondary N) is 3. The van der Waals surface area contributed by atoms with Crippen LogP contribution in [0.15, 0.2) is 33.9 Å². The topological polar surface area (TPSA) is 94.4 Å². The van der Waals surface area contributed by atoms with E-state index in [9.17, 15) is 9.59 Å². The molecule has 0 atom stereocenters. The van der Waals surface area contributed by atoms with Crippen molar-refractivity contribution < 1.29 is 0 Å². The van der Waals surface area contributed by atoms with E-state index in [0.29, 0.717) is 11.7 Å². The highest BCUT2D eigenvalue weighted by atomic mass is 35.5. The second-order valence-electron chi connectivity index (χ2n) is 4.05. The Morgan fingerprint density at radius 2 is 1.79 bits per heavy atom. The van der Waals surface area contributed by atoms with Crippen molar-refractivity contribution in [2.75, 3.05) is 0 Å². The summed E-state index contributed by atoms with van der Waals surface area (Å²) in [5.41, 5.74) is 1.22. The highest BCUT2D eigenvalue weighted by Crippen LogP contribution is 2.18. The van der Waals surface area contributed by atoms with Crippen molar-refractivity contribution in [2.24, 2.45) is 0 Å². The van der Waals surface area contributed by atoms with Crippen molar-refractivity contribution >= 4 is 22.8 Å². The third-order valence-corrected chi connectivity index (χ3v) is 3.08. The van der Waals surface area contributed by atoms with Crippen LogP contribution in [0, 0.1) is 0 Å². The molecule has 0 saturated heterocycles. The minimum Gasteiger partial charge on any atom is -0.332 e. The van der Waals surface area contributed by atoms with Crippen LogP contribution in [0.2, 0.25) is 0 Å². The van der Waals surface area contributed by atoms with Crippen LogP contribution in [0.4, 0.5) is 0 Å². The molecule has 1 aromatic carbocycles. The fraction of sp³-hybridized carbons (Fsp3) is 0.0833. The molecule has 0 radical (unpaired) electrons. The predicted octanol–water partition coefficient (Wildman–Crippen LogP) is 1.35. The summed E-state index contributed by atoms with van der Waals surface area (Å²) in [4.78, 5) is 34.4. The Balaban J connectivity index is 2.17. The Morgan fingerprint density at radius 3 is 2.47 bits per heavy atom. The number of rotatable bonds is 2. The second-order valence-corrected chi connectivity index (χ2v) is 4.32. The van der Waals surface area contributed by atoms with Crippen molar-refractivity contribution in [3.63, 3.8) is 0 Å². The van der Waals surface area contributed by atoms with Crippen LogP contribution in [0.5, 0.6) is 0 Å². The van der Waals surface area contributed by atoms with Crippen LogP contribution in [-0.2, 0) is 5.88 Å². The Hall–Kier alpha value is -2.34. The van der Waals surface area contributed by atoms with E-state index >= 15 is 0 Å². The third-order valence-electron chi connectivity index (χ3n) is 2.77. The molecular formula is C12H9ClN4O2. The van der Waals surface area contributed by atoms with Crippen LogP contribution >= 0.6 is 11.6 Å². The van der Waals surface area contributed by atoms with Gasteiger partial charge in [0.1, 0.15) is 11.3 Å². The van der Waals surface area contributed by atoms with Crippen LogP contribution in [0.25, 0.3) is 22.6 Å². The van der Waals surface area contributed by atoms with E-state index in [0.717, 1.165) is 11.1 Å². The maximum atomic E-state index is 11.6. The number of benzene rings is 1. The van der Waals surface area contributed by atoms with Gasteiger partial charge in [-0.2, -0.15) is 0 Å². The molecule has 3 aromatic rings. The fourth-order valence-corrected chi connectivity index (χ4v) is 2.00. The van der Waals surface area contributed by atoms with Gasteiger partial charge in [0.05, 0.1) is 0 Å². The van der Waals surface area contributed by atoms with E-state index < -0.39 is 11.2 Å². The van der Waals surface area contributed by atoms with Gasteiger partial charge < -0.3 is 4.98 Å². The number of nitrogens with zero attached hydrogens (tertiary/aromatic N) is 1. The van der Waals surface area contributed by atoms with E-state index in [1.165, 1.54) is 0 Å². The lowest BCUT2D eigenvalue weighted by molar-refractivity contribution is 1.07. The quantitative estimate of drug-likeness (QED) is 0.617. The summed E-state index contributed by atoms with van der Waals surface area (Å²) >= 11 is 5.72. The predicted molar refractivity (Wildman–Crippen MR) is 72.3 cm³/mol. The van der Waals surface area contributed by atoms with Gasteiger partial charge >= 0.3 is 5.69 Å². The van der Waals surface area contributed by atoms with Gasteiger partial charge in [0.2, 0.25) is 0 Å². The maximum absolute atomic E-state index is 11.6. The van der Waals surface area contributed by atoms with Crippen LogP contribution in [0.1, 0.15) is 5.56 Å². The fourth-order valence-electron chi connectivity index (χ4n) is 1.82. The van der Waals surface area contributed by atoms with Gasteiger partial charge in [-0.25, -0.2) is 9.78 Å². The molecule has 96 valence electrons. The number of aromatic nitrogens is 4. The second kappa shape index (κ2) is 4.40. The first-order valence-corrected chi connectivity index (χ1v) is 6.08. The average Bonchev–Trinajstić information content (AvgIpc) is 2.83. The molecule has 0 saturated carbocycles. The van der Waals surface area contributed by atoms with E-state index in [4.69, 9.17) is 11.6 Å². The minimum absolute atomic E-state index is 0.241. The number of hydrogen-bond acceptors (Lipinski definition) is 3. The maximum Gasteiger partial charge on any atom is 0.327 e. The number of aromatic amines is 3. The molecular weight excluding hydrogens is 268 g/mol. The smallest absolute Gasteiger partial charge is 0.327 e. The lowest BCUT2D eigenvalue weighted by atomic mass is 10.1. The molecule has 0 aliphatic carbocycles. The van der Waals surface area contributed by atoms with Crippen LogP contribution < -0.4 is 11.2 Å². The van der Waals surface area contributed by atoms with Crippen molar-refractivity contribution in [2.45, 2.75) is 5.88 Å². The normalized spacial score (nSPS) is 11.0. The summed E-state index contributed by atoms with van der Waals surface area (Å²) in [5.74, 6) is 0.955. The van der Waals surface area contributed by atoms with Crippen molar-refractivity contribution in [1.29, 1.82) is 0 Å². The first kappa shape index (κ1) is 11.7. The Morgan fingerprint density at radius 1 is 1.05 bits per heavy atom. The number of halogens is 1. The molecule has 0 bridgehead atoms. The highest BCUT2D eigenvalue weighted by Gasteiger charge is 2.09. The van der Waals surface area contributed by atoms with E-state index in [2.05, 4.69) is 19.9 Å². The SMILES string of the molecule is O=c1[nH]c(=O)c2[nH]c(-c3ccc(CCl)cc3)nc2[nH]1. The van der Waals surface area contributed by atoms with Crippen molar-refractivity contribution in [3.05, 3.63) is 50.7 Å². The first-order valence-electron chi connectivity index (χ1n) is 5.55. The number of alkyl halides is 1. The monoisotopic (exact) mass is 276 g/mol. The minimum atomic E-state index is -0.576. The van der Waals surface area contributed by atoms with E-state index in [1.807, 2.05) is 24.3 Å². The largest absolute Gasteiger partial charge is 0.332 e. The Kier molecular flexibility index (Phi) is 2.72. The van der Waals surface area contributed by atoms with Gasteiger partial charge in [0.25, 0.3) is 5.56 Å². The molecule has 2 heterocycles. The molecule has 19 heavy (non-hydrogen) atoms. The zero-order valence-electron chi connectivity index (χ0n) is 9.66. The number of imidazole rings is 1. The molecule has 0 unspecified atom stereocenters. The summed E-state index contributed by atoms with van der Waals surface area (Å²) in [6.45, 7) is 0. The van der Waals surface area contributed by atoms with Crippen LogP contribution in [0.3, 0.4) is 0 Å². The lowest BCUT2D eigenvalue weighted by Crippen LogP contribution is -2.21. The van der Waals surface area contributed by atoms with Gasteiger partial charge in [-0.05, 0) is 5.56 Å². The molecule has 3 N–H and O–H groups in total. The Bertz CT molecular complexity index is 845. The summed E-state index contributed by atoms with van der Waals surface area (Å²) < 4.78 is 0. The Labute approximate surface area is 111 Å². The molecule has 7 heteroatoms. The van der Waals surface area contributed by atoms with E-state index in [-0.39, 0.29) is 11.2 Å². The number of H-pyrrole nitrogens is 3. The van der Waals surface area contributed by atoms with Gasteiger partial charge in [-0.15, -0.1) is 11.6 Å². The molecule has 0 aliphatic rings. The highest BCUT2D eigenvalue weighted by molar-refractivity contribution is 6.17. The number of hydrogen-bond donors (Lipinski definition) is 3. The zero-order chi connectivity index (χ0) is 13.4. The van der Waals surface area contributed by atoms with Gasteiger partial charge in [-0.3, -0.25) is 14.8 Å². The molecule has 2 aromatic heterocycles. The molecule has 0 aliphatic heterocycles. The summed E-state index contributed by atoms with van der Waals surface area (Å²) in [7, 11) is 0. The molecule has 0 fully saturated rings. The third kappa shape index (κ3) is 2.06. The summed E-state index contributed by atoms with van der Waals surface area (Å²) in [6, 6.07) is 7.45. The lowest BCUT2D eigenvalue weighted by Gasteiger charge is -1.97. The van der Waals surface area contributed by atoms with Gasteiger partial charge in [0.15, 0.2) is 5.65 Å². The molecule has 0 amide bonds. The molecule has 6 nitrogen and oxygen atoms in total. The number of fused-ring (bicyclic) bond motifs is 1. The van der Waals surface area contributed by atoms with Gasteiger partial charge in [-0.1, -0.05) is 24.3 Å².